The number of carbonyl (C=O) groups excluding carboxylic acids is 2. The number of aliphatic hydroxyl groups is 1. The first-order valence-corrected chi connectivity index (χ1v) is 7.68. The molecular weight excluding hydrogens is 284 g/mol. The normalized spacial score (nSPS) is 43.8. The number of hydrogen-bond donors (Lipinski definition) is 1. The third-order valence-corrected chi connectivity index (χ3v) is 5.40. The number of hydrogen-bond acceptors (Lipinski definition) is 5. The maximum atomic E-state index is 12.0. The Morgan fingerprint density at radius 3 is 2.82 bits per heavy atom. The summed E-state index contributed by atoms with van der Waals surface area (Å²) in [5, 5.41) is 10.9. The lowest BCUT2D eigenvalue weighted by atomic mass is 9.76. The van der Waals surface area contributed by atoms with E-state index in [1.807, 2.05) is 6.92 Å². The molecule has 0 aromatic heterocycles. The molecule has 6 atom stereocenters. The zero-order valence-corrected chi connectivity index (χ0v) is 13.2. The van der Waals surface area contributed by atoms with Crippen LogP contribution in [-0.2, 0) is 19.1 Å². The molecule has 1 aliphatic heterocycles. The van der Waals surface area contributed by atoms with Crippen molar-refractivity contribution in [3.63, 3.8) is 0 Å². The van der Waals surface area contributed by atoms with E-state index in [0.29, 0.717) is 5.57 Å². The molecule has 2 aliphatic carbocycles. The molecule has 0 radical (unpaired) electrons. The fourth-order valence-electron chi connectivity index (χ4n) is 4.40. The molecule has 0 spiro atoms. The molecule has 3 rings (SSSR count). The number of fused-ring (bicyclic) bond motifs is 3. The standard InChI is InChI=1S/C17H22O5/c1-8-5-6-11-13(8)15-14(9(2)16(19)22-15)12(21-10(3)18)7-17(11,4)20/h5,11-15,20H,2,6-7H2,1,3-4H3/t11-,12+,13+,14-,15+,17-/m1/s1. The van der Waals surface area contributed by atoms with Gasteiger partial charge in [0, 0.05) is 30.8 Å². The van der Waals surface area contributed by atoms with Gasteiger partial charge in [0.25, 0.3) is 0 Å². The van der Waals surface area contributed by atoms with Crippen molar-refractivity contribution in [2.24, 2.45) is 17.8 Å². The minimum absolute atomic E-state index is 0.0424. The minimum Gasteiger partial charge on any atom is -0.462 e. The molecule has 0 unspecified atom stereocenters. The highest BCUT2D eigenvalue weighted by Crippen LogP contribution is 2.52. The van der Waals surface area contributed by atoms with Gasteiger partial charge in [0.2, 0.25) is 0 Å². The molecule has 1 saturated heterocycles. The van der Waals surface area contributed by atoms with Crippen LogP contribution in [0.2, 0.25) is 0 Å². The van der Waals surface area contributed by atoms with Crippen LogP contribution >= 0.6 is 0 Å². The molecule has 1 saturated carbocycles. The molecule has 0 amide bonds. The molecule has 120 valence electrons. The number of carbonyl (C=O) groups is 2. The Balaban J connectivity index is 2.05. The fraction of sp³-hybridized carbons (Fsp3) is 0.647. The van der Waals surface area contributed by atoms with E-state index in [1.54, 1.807) is 6.92 Å². The average Bonchev–Trinajstić information content (AvgIpc) is 2.87. The maximum absolute atomic E-state index is 12.0. The van der Waals surface area contributed by atoms with Crippen LogP contribution < -0.4 is 0 Å². The Bertz CT molecular complexity index is 574. The van der Waals surface area contributed by atoms with Crippen molar-refractivity contribution in [2.75, 3.05) is 0 Å². The van der Waals surface area contributed by atoms with Gasteiger partial charge in [0.1, 0.15) is 12.2 Å². The summed E-state index contributed by atoms with van der Waals surface area (Å²) in [6, 6.07) is 0. The van der Waals surface area contributed by atoms with Crippen molar-refractivity contribution in [1.82, 2.24) is 0 Å². The van der Waals surface area contributed by atoms with Crippen molar-refractivity contribution < 1.29 is 24.2 Å². The van der Waals surface area contributed by atoms with Crippen molar-refractivity contribution in [3.8, 4) is 0 Å². The van der Waals surface area contributed by atoms with Crippen LogP contribution in [0.25, 0.3) is 0 Å². The molecule has 0 bridgehead atoms. The Hall–Kier alpha value is -1.62. The van der Waals surface area contributed by atoms with E-state index in [0.717, 1.165) is 12.0 Å². The van der Waals surface area contributed by atoms with Gasteiger partial charge in [-0.05, 0) is 20.3 Å². The zero-order valence-electron chi connectivity index (χ0n) is 13.2. The zero-order chi connectivity index (χ0) is 16.2. The van der Waals surface area contributed by atoms with Gasteiger partial charge in [-0.2, -0.15) is 0 Å². The molecule has 0 aromatic carbocycles. The van der Waals surface area contributed by atoms with Gasteiger partial charge in [0.05, 0.1) is 11.5 Å². The maximum Gasteiger partial charge on any atom is 0.334 e. The first-order valence-electron chi connectivity index (χ1n) is 7.68. The van der Waals surface area contributed by atoms with E-state index in [9.17, 15) is 14.7 Å². The van der Waals surface area contributed by atoms with E-state index in [-0.39, 0.29) is 24.2 Å². The molecule has 1 heterocycles. The predicted molar refractivity (Wildman–Crippen MR) is 78.7 cm³/mol. The molecule has 5 heteroatoms. The first-order chi connectivity index (χ1) is 10.2. The summed E-state index contributed by atoms with van der Waals surface area (Å²) in [5.74, 6) is -1.33. The van der Waals surface area contributed by atoms with E-state index in [1.165, 1.54) is 6.92 Å². The van der Waals surface area contributed by atoms with Crippen molar-refractivity contribution in [1.29, 1.82) is 0 Å². The highest BCUT2D eigenvalue weighted by molar-refractivity contribution is 5.91. The van der Waals surface area contributed by atoms with E-state index in [2.05, 4.69) is 12.7 Å². The smallest absolute Gasteiger partial charge is 0.334 e. The van der Waals surface area contributed by atoms with Crippen LogP contribution in [0.3, 0.4) is 0 Å². The lowest BCUT2D eigenvalue weighted by molar-refractivity contribution is -0.152. The van der Waals surface area contributed by atoms with Crippen LogP contribution in [0.4, 0.5) is 0 Å². The Morgan fingerprint density at radius 1 is 1.50 bits per heavy atom. The van der Waals surface area contributed by atoms with Gasteiger partial charge in [-0.15, -0.1) is 0 Å². The quantitative estimate of drug-likeness (QED) is 0.454. The molecule has 3 aliphatic rings. The second-order valence-corrected chi connectivity index (χ2v) is 6.95. The van der Waals surface area contributed by atoms with Gasteiger partial charge < -0.3 is 14.6 Å². The second-order valence-electron chi connectivity index (χ2n) is 6.95. The van der Waals surface area contributed by atoms with Crippen LogP contribution in [-0.4, -0.2) is 34.9 Å². The van der Waals surface area contributed by atoms with Crippen molar-refractivity contribution >= 4 is 11.9 Å². The summed E-state index contributed by atoms with van der Waals surface area (Å²) in [6.45, 7) is 8.95. The van der Waals surface area contributed by atoms with Gasteiger partial charge in [-0.1, -0.05) is 18.2 Å². The number of rotatable bonds is 1. The van der Waals surface area contributed by atoms with Crippen LogP contribution in [0.15, 0.2) is 23.8 Å². The summed E-state index contributed by atoms with van der Waals surface area (Å²) < 4.78 is 11.0. The Labute approximate surface area is 130 Å². The lowest BCUT2D eigenvalue weighted by Gasteiger charge is -2.34. The summed E-state index contributed by atoms with van der Waals surface area (Å²) in [5.41, 5.74) is 0.467. The van der Waals surface area contributed by atoms with E-state index < -0.39 is 29.7 Å². The summed E-state index contributed by atoms with van der Waals surface area (Å²) in [6.07, 6.45) is 2.12. The molecule has 22 heavy (non-hydrogen) atoms. The average molecular weight is 306 g/mol. The van der Waals surface area contributed by atoms with Crippen LogP contribution in [0.5, 0.6) is 0 Å². The van der Waals surface area contributed by atoms with Crippen LogP contribution in [0, 0.1) is 17.8 Å². The van der Waals surface area contributed by atoms with E-state index >= 15 is 0 Å². The summed E-state index contributed by atoms with van der Waals surface area (Å²) >= 11 is 0. The van der Waals surface area contributed by atoms with E-state index in [4.69, 9.17) is 9.47 Å². The van der Waals surface area contributed by atoms with Gasteiger partial charge in [0.15, 0.2) is 0 Å². The molecule has 0 aromatic rings. The lowest BCUT2D eigenvalue weighted by Crippen LogP contribution is -2.40. The Morgan fingerprint density at radius 2 is 2.18 bits per heavy atom. The molecular formula is C17H22O5. The van der Waals surface area contributed by atoms with Crippen molar-refractivity contribution in [2.45, 2.75) is 51.4 Å². The molecule has 2 fully saturated rings. The fourth-order valence-corrected chi connectivity index (χ4v) is 4.40. The third kappa shape index (κ3) is 2.19. The van der Waals surface area contributed by atoms with Crippen LogP contribution in [0.1, 0.15) is 33.6 Å². The summed E-state index contributed by atoms with van der Waals surface area (Å²) in [4.78, 5) is 23.4. The molecule has 1 N–H and O–H groups in total. The largest absolute Gasteiger partial charge is 0.462 e. The van der Waals surface area contributed by atoms with Crippen molar-refractivity contribution in [3.05, 3.63) is 23.8 Å². The first kappa shape index (κ1) is 15.3. The number of esters is 2. The Kier molecular flexibility index (Phi) is 3.44. The summed E-state index contributed by atoms with van der Waals surface area (Å²) in [7, 11) is 0. The van der Waals surface area contributed by atoms with Gasteiger partial charge in [-0.3, -0.25) is 4.79 Å². The predicted octanol–water partition coefficient (Wildman–Crippen LogP) is 1.75. The highest BCUT2D eigenvalue weighted by atomic mass is 16.6. The second kappa shape index (κ2) is 4.95. The highest BCUT2D eigenvalue weighted by Gasteiger charge is 2.58. The molecule has 5 nitrogen and oxygen atoms in total. The monoisotopic (exact) mass is 306 g/mol. The third-order valence-electron chi connectivity index (χ3n) is 5.40. The van der Waals surface area contributed by atoms with Gasteiger partial charge in [-0.25, -0.2) is 4.79 Å². The minimum atomic E-state index is -0.990. The SMILES string of the molecule is C=C1C(=O)O[C@H]2[C@H]3C(C)=CC[C@H]3[C@](C)(O)C[C@H](OC(C)=O)[C@@H]12. The topological polar surface area (TPSA) is 72.8 Å². The number of allylic oxidation sites excluding steroid dienone is 1. The number of ether oxygens (including phenoxy) is 2. The van der Waals surface area contributed by atoms with Gasteiger partial charge >= 0.3 is 11.9 Å².